The van der Waals surface area contributed by atoms with Gasteiger partial charge in [0.25, 0.3) is 0 Å². The Bertz CT molecular complexity index is 683. The zero-order valence-corrected chi connectivity index (χ0v) is 15.2. The van der Waals surface area contributed by atoms with Gasteiger partial charge in [0, 0.05) is 44.8 Å². The summed E-state index contributed by atoms with van der Waals surface area (Å²) in [6.07, 6.45) is 1.11. The van der Waals surface area contributed by atoms with Gasteiger partial charge in [0.1, 0.15) is 0 Å². The summed E-state index contributed by atoms with van der Waals surface area (Å²) in [5.41, 5.74) is 1.62. The molecule has 0 radical (unpaired) electrons. The monoisotopic (exact) mass is 358 g/mol. The predicted octanol–water partition coefficient (Wildman–Crippen LogP) is 0.783. The Hall–Kier alpha value is -2.41. The summed E-state index contributed by atoms with van der Waals surface area (Å²) in [5.74, 6) is -0.500. The highest BCUT2D eigenvalue weighted by atomic mass is 16.2. The summed E-state index contributed by atoms with van der Waals surface area (Å²) in [6.45, 7) is 5.60. The van der Waals surface area contributed by atoms with Crippen LogP contribution in [0.15, 0.2) is 24.3 Å². The Labute approximate surface area is 153 Å². The Morgan fingerprint density at radius 3 is 2.65 bits per heavy atom. The van der Waals surface area contributed by atoms with Crippen molar-refractivity contribution in [2.24, 2.45) is 0 Å². The van der Waals surface area contributed by atoms with Crippen molar-refractivity contribution >= 4 is 23.4 Å². The zero-order chi connectivity index (χ0) is 18.5. The van der Waals surface area contributed by atoms with Gasteiger partial charge in [0.05, 0.1) is 12.5 Å². The van der Waals surface area contributed by atoms with Crippen molar-refractivity contribution in [1.82, 2.24) is 15.1 Å². The van der Waals surface area contributed by atoms with Gasteiger partial charge in [-0.25, -0.2) is 0 Å². The van der Waals surface area contributed by atoms with E-state index in [2.05, 4.69) is 15.5 Å². The predicted molar refractivity (Wildman–Crippen MR) is 98.8 cm³/mol. The summed E-state index contributed by atoms with van der Waals surface area (Å²) in [7, 11) is 0. The number of piperazine rings is 1. The average Bonchev–Trinajstić information content (AvgIpc) is 2.65. The second kappa shape index (κ2) is 8.31. The molecule has 3 amide bonds. The van der Waals surface area contributed by atoms with Gasteiger partial charge < -0.3 is 15.5 Å². The maximum absolute atomic E-state index is 13.0. The van der Waals surface area contributed by atoms with Crippen LogP contribution in [0.1, 0.15) is 31.2 Å². The standard InChI is InChI=1S/C19H26N4O3/c1-2-7-20-18(25)13-22-8-10-23(11-9-22)19(26)15-12-17(24)21-16-6-4-3-5-14(15)16/h3-6,15H,2,7-13H2,1H3,(H,20,25)(H,21,24). The lowest BCUT2D eigenvalue weighted by Gasteiger charge is -2.37. The van der Waals surface area contributed by atoms with Crippen LogP contribution in [0.5, 0.6) is 0 Å². The zero-order valence-electron chi connectivity index (χ0n) is 15.2. The van der Waals surface area contributed by atoms with Gasteiger partial charge in [-0.15, -0.1) is 0 Å². The van der Waals surface area contributed by atoms with Crippen LogP contribution in [0.25, 0.3) is 0 Å². The van der Waals surface area contributed by atoms with Gasteiger partial charge in [0.15, 0.2) is 0 Å². The third-order valence-corrected chi connectivity index (χ3v) is 4.92. The van der Waals surface area contributed by atoms with Crippen LogP contribution in [-0.2, 0) is 14.4 Å². The van der Waals surface area contributed by atoms with Crippen molar-refractivity contribution in [1.29, 1.82) is 0 Å². The smallest absolute Gasteiger partial charge is 0.234 e. The molecule has 2 N–H and O–H groups in total. The number of nitrogens with zero attached hydrogens (tertiary/aromatic N) is 2. The van der Waals surface area contributed by atoms with Crippen molar-refractivity contribution in [3.05, 3.63) is 29.8 Å². The highest BCUT2D eigenvalue weighted by Gasteiger charge is 2.34. The molecule has 0 bridgehead atoms. The van der Waals surface area contributed by atoms with E-state index < -0.39 is 5.92 Å². The molecule has 1 saturated heterocycles. The van der Waals surface area contributed by atoms with Gasteiger partial charge >= 0.3 is 0 Å². The molecule has 26 heavy (non-hydrogen) atoms. The highest BCUT2D eigenvalue weighted by Crippen LogP contribution is 2.33. The number of carbonyl (C=O) groups is 3. The fraction of sp³-hybridized carbons (Fsp3) is 0.526. The molecule has 7 heteroatoms. The van der Waals surface area contributed by atoms with E-state index in [-0.39, 0.29) is 24.1 Å². The molecule has 2 aliphatic heterocycles. The van der Waals surface area contributed by atoms with E-state index in [4.69, 9.17) is 0 Å². The number of carbonyl (C=O) groups excluding carboxylic acids is 3. The second-order valence-corrected chi connectivity index (χ2v) is 6.84. The number of fused-ring (bicyclic) bond motifs is 1. The van der Waals surface area contributed by atoms with Crippen LogP contribution >= 0.6 is 0 Å². The quantitative estimate of drug-likeness (QED) is 0.815. The van der Waals surface area contributed by atoms with E-state index in [1.165, 1.54) is 0 Å². The molecule has 7 nitrogen and oxygen atoms in total. The molecule has 1 aromatic rings. The van der Waals surface area contributed by atoms with Gasteiger partial charge in [-0.2, -0.15) is 0 Å². The Kier molecular flexibility index (Phi) is 5.88. The van der Waals surface area contributed by atoms with Crippen molar-refractivity contribution < 1.29 is 14.4 Å². The summed E-state index contributed by atoms with van der Waals surface area (Å²) in [5, 5.41) is 5.71. The van der Waals surface area contributed by atoms with E-state index in [9.17, 15) is 14.4 Å². The SMILES string of the molecule is CCCNC(=O)CN1CCN(C(=O)C2CC(=O)Nc3ccccc32)CC1. The fourth-order valence-electron chi connectivity index (χ4n) is 3.50. The maximum Gasteiger partial charge on any atom is 0.234 e. The molecular formula is C19H26N4O3. The lowest BCUT2D eigenvalue weighted by Crippen LogP contribution is -2.52. The molecule has 2 heterocycles. The molecule has 1 atom stereocenters. The molecule has 1 unspecified atom stereocenters. The fourth-order valence-corrected chi connectivity index (χ4v) is 3.50. The lowest BCUT2D eigenvalue weighted by molar-refractivity contribution is -0.136. The molecular weight excluding hydrogens is 332 g/mol. The molecule has 1 aromatic carbocycles. The van der Waals surface area contributed by atoms with Crippen LogP contribution in [0.3, 0.4) is 0 Å². The van der Waals surface area contributed by atoms with Gasteiger partial charge in [-0.3, -0.25) is 19.3 Å². The number of nitrogens with one attached hydrogen (secondary N) is 2. The van der Waals surface area contributed by atoms with Crippen LogP contribution in [-0.4, -0.2) is 66.8 Å². The third-order valence-electron chi connectivity index (χ3n) is 4.92. The Morgan fingerprint density at radius 1 is 1.19 bits per heavy atom. The van der Waals surface area contributed by atoms with Gasteiger partial charge in [0.2, 0.25) is 17.7 Å². The van der Waals surface area contributed by atoms with E-state index in [0.717, 1.165) is 17.7 Å². The summed E-state index contributed by atoms with van der Waals surface area (Å²) in [6, 6.07) is 7.49. The normalized spacial score (nSPS) is 20.3. The molecule has 0 aromatic heterocycles. The first-order valence-electron chi connectivity index (χ1n) is 9.25. The molecule has 1 fully saturated rings. The number of amides is 3. The Balaban J connectivity index is 1.57. The number of anilines is 1. The molecule has 2 aliphatic rings. The van der Waals surface area contributed by atoms with Crippen molar-refractivity contribution in [2.75, 3.05) is 44.6 Å². The van der Waals surface area contributed by atoms with E-state index in [0.29, 0.717) is 39.3 Å². The average molecular weight is 358 g/mol. The van der Waals surface area contributed by atoms with Crippen LogP contribution in [0, 0.1) is 0 Å². The summed E-state index contributed by atoms with van der Waals surface area (Å²) >= 11 is 0. The first-order chi connectivity index (χ1) is 12.6. The largest absolute Gasteiger partial charge is 0.355 e. The van der Waals surface area contributed by atoms with Crippen molar-refractivity contribution in [2.45, 2.75) is 25.7 Å². The highest BCUT2D eigenvalue weighted by molar-refractivity contribution is 6.01. The topological polar surface area (TPSA) is 81.8 Å². The van der Waals surface area contributed by atoms with Crippen molar-refractivity contribution in [3.8, 4) is 0 Å². The molecule has 3 rings (SSSR count). The van der Waals surface area contributed by atoms with Crippen LogP contribution < -0.4 is 10.6 Å². The first kappa shape index (κ1) is 18.4. The van der Waals surface area contributed by atoms with Crippen LogP contribution in [0.2, 0.25) is 0 Å². The molecule has 140 valence electrons. The summed E-state index contributed by atoms with van der Waals surface area (Å²) in [4.78, 5) is 40.6. The summed E-state index contributed by atoms with van der Waals surface area (Å²) < 4.78 is 0. The molecule has 0 saturated carbocycles. The third kappa shape index (κ3) is 4.22. The minimum atomic E-state index is -0.417. The first-order valence-corrected chi connectivity index (χ1v) is 9.25. The number of para-hydroxylation sites is 1. The van der Waals surface area contributed by atoms with E-state index in [1.54, 1.807) is 0 Å². The van der Waals surface area contributed by atoms with Crippen molar-refractivity contribution in [3.63, 3.8) is 0 Å². The minimum absolute atomic E-state index is 0.00221. The second-order valence-electron chi connectivity index (χ2n) is 6.84. The Morgan fingerprint density at radius 2 is 1.92 bits per heavy atom. The van der Waals surface area contributed by atoms with Gasteiger partial charge in [-0.05, 0) is 18.1 Å². The van der Waals surface area contributed by atoms with E-state index in [1.807, 2.05) is 36.1 Å². The van der Waals surface area contributed by atoms with Crippen LogP contribution in [0.4, 0.5) is 5.69 Å². The lowest BCUT2D eigenvalue weighted by atomic mass is 9.89. The number of hydrogen-bond donors (Lipinski definition) is 2. The molecule has 0 spiro atoms. The van der Waals surface area contributed by atoms with E-state index >= 15 is 0 Å². The number of rotatable bonds is 5. The maximum atomic E-state index is 13.0. The number of benzene rings is 1. The van der Waals surface area contributed by atoms with Gasteiger partial charge in [-0.1, -0.05) is 25.1 Å². The number of hydrogen-bond acceptors (Lipinski definition) is 4. The molecule has 0 aliphatic carbocycles. The minimum Gasteiger partial charge on any atom is -0.355 e.